The fraction of sp³-hybridized carbons (Fsp3) is 0.333. The van der Waals surface area contributed by atoms with Crippen molar-refractivity contribution in [3.05, 3.63) is 35.9 Å². The minimum atomic E-state index is 0.0584. The Morgan fingerprint density at radius 1 is 1.45 bits per heavy atom. The molecule has 3 rings (SSSR count). The molecule has 4 nitrogen and oxygen atoms in total. The highest BCUT2D eigenvalue weighted by atomic mass is 32.2. The van der Waals surface area contributed by atoms with Crippen molar-refractivity contribution in [2.75, 3.05) is 23.8 Å². The Kier molecular flexibility index (Phi) is 3.53. The lowest BCUT2D eigenvalue weighted by Gasteiger charge is -2.33. The van der Waals surface area contributed by atoms with Gasteiger partial charge < -0.3 is 10.6 Å². The van der Waals surface area contributed by atoms with Crippen LogP contribution < -0.4 is 5.73 Å². The Bertz CT molecular complexity index is 659. The lowest BCUT2D eigenvalue weighted by atomic mass is 10.1. The van der Waals surface area contributed by atoms with Gasteiger partial charge in [0.1, 0.15) is 5.82 Å². The number of benzene rings is 1. The highest BCUT2D eigenvalue weighted by molar-refractivity contribution is 7.99. The zero-order chi connectivity index (χ0) is 14.1. The number of rotatable bonds is 1. The van der Waals surface area contributed by atoms with Crippen LogP contribution in [0.2, 0.25) is 0 Å². The molecule has 0 saturated carbocycles. The third-order valence-electron chi connectivity index (χ3n) is 3.59. The van der Waals surface area contributed by atoms with E-state index in [2.05, 4.69) is 11.9 Å². The molecular formula is C15H17N3OS. The molecule has 1 amide bonds. The Hall–Kier alpha value is -1.75. The van der Waals surface area contributed by atoms with Crippen molar-refractivity contribution in [1.29, 1.82) is 0 Å². The molecule has 1 saturated heterocycles. The zero-order valence-corrected chi connectivity index (χ0v) is 12.2. The van der Waals surface area contributed by atoms with Gasteiger partial charge in [-0.25, -0.2) is 4.98 Å². The second kappa shape index (κ2) is 5.32. The quantitative estimate of drug-likeness (QED) is 0.875. The van der Waals surface area contributed by atoms with E-state index in [4.69, 9.17) is 5.73 Å². The molecule has 5 heteroatoms. The number of hydrogen-bond acceptors (Lipinski definition) is 4. The molecule has 1 aromatic carbocycles. The van der Waals surface area contributed by atoms with Crippen LogP contribution in [-0.2, 0) is 0 Å². The summed E-state index contributed by atoms with van der Waals surface area (Å²) < 4.78 is 0. The van der Waals surface area contributed by atoms with E-state index >= 15 is 0 Å². The van der Waals surface area contributed by atoms with E-state index in [1.54, 1.807) is 6.07 Å². The number of thioether (sulfide) groups is 1. The third-order valence-corrected chi connectivity index (χ3v) is 4.78. The maximum absolute atomic E-state index is 12.8. The minimum Gasteiger partial charge on any atom is -0.384 e. The van der Waals surface area contributed by atoms with Crippen molar-refractivity contribution < 1.29 is 4.79 Å². The van der Waals surface area contributed by atoms with Gasteiger partial charge in [-0.2, -0.15) is 11.8 Å². The summed E-state index contributed by atoms with van der Waals surface area (Å²) in [5, 5.41) is 0.872. The summed E-state index contributed by atoms with van der Waals surface area (Å²) in [5.74, 6) is 2.44. The number of nitrogen functional groups attached to an aromatic ring is 1. The Labute approximate surface area is 122 Å². The van der Waals surface area contributed by atoms with Crippen LogP contribution in [0.3, 0.4) is 0 Å². The first-order valence-electron chi connectivity index (χ1n) is 6.71. The van der Waals surface area contributed by atoms with Gasteiger partial charge in [0.2, 0.25) is 0 Å². The molecule has 1 aliphatic heterocycles. The summed E-state index contributed by atoms with van der Waals surface area (Å²) >= 11 is 1.90. The third kappa shape index (κ3) is 2.33. The fourth-order valence-electron chi connectivity index (χ4n) is 2.56. The molecule has 1 unspecified atom stereocenters. The zero-order valence-electron chi connectivity index (χ0n) is 11.4. The first-order chi connectivity index (χ1) is 9.66. The van der Waals surface area contributed by atoms with E-state index in [9.17, 15) is 4.79 Å². The molecule has 0 radical (unpaired) electrons. The first kappa shape index (κ1) is 13.2. The summed E-state index contributed by atoms with van der Waals surface area (Å²) in [5.41, 5.74) is 7.27. The van der Waals surface area contributed by atoms with Gasteiger partial charge in [-0.05, 0) is 19.1 Å². The van der Waals surface area contributed by atoms with Crippen molar-refractivity contribution in [2.45, 2.75) is 13.0 Å². The molecule has 1 fully saturated rings. The summed E-state index contributed by atoms with van der Waals surface area (Å²) in [7, 11) is 0. The Morgan fingerprint density at radius 3 is 3.05 bits per heavy atom. The number of aromatic nitrogens is 1. The number of carbonyl (C=O) groups is 1. The van der Waals surface area contributed by atoms with Crippen molar-refractivity contribution >= 4 is 34.4 Å². The number of hydrogen-bond donors (Lipinski definition) is 1. The number of amides is 1. The van der Waals surface area contributed by atoms with Crippen LogP contribution in [0, 0.1) is 0 Å². The van der Waals surface area contributed by atoms with Crippen LogP contribution in [-0.4, -0.2) is 39.9 Å². The second-order valence-corrected chi connectivity index (χ2v) is 6.18. The summed E-state index contributed by atoms with van der Waals surface area (Å²) in [4.78, 5) is 19.0. The molecule has 2 N–H and O–H groups in total. The number of fused-ring (bicyclic) bond motifs is 1. The maximum Gasteiger partial charge on any atom is 0.254 e. The first-order valence-corrected chi connectivity index (χ1v) is 7.86. The summed E-state index contributed by atoms with van der Waals surface area (Å²) in [6.45, 7) is 2.89. The number of nitrogens with two attached hydrogens (primary N) is 1. The van der Waals surface area contributed by atoms with Crippen LogP contribution in [0.4, 0.5) is 5.82 Å². The highest BCUT2D eigenvalue weighted by Gasteiger charge is 2.26. The molecule has 1 aromatic heterocycles. The van der Waals surface area contributed by atoms with E-state index < -0.39 is 0 Å². The number of para-hydroxylation sites is 1. The highest BCUT2D eigenvalue weighted by Crippen LogP contribution is 2.24. The number of pyridine rings is 1. The lowest BCUT2D eigenvalue weighted by molar-refractivity contribution is 0.0718. The molecule has 1 aliphatic rings. The Balaban J connectivity index is 2.06. The molecule has 0 spiro atoms. The second-order valence-electron chi connectivity index (χ2n) is 5.03. The van der Waals surface area contributed by atoms with Gasteiger partial charge in [-0.15, -0.1) is 0 Å². The van der Waals surface area contributed by atoms with Gasteiger partial charge in [0, 0.05) is 29.5 Å². The van der Waals surface area contributed by atoms with Gasteiger partial charge in [0.15, 0.2) is 0 Å². The number of nitrogens with zero attached hydrogens (tertiary/aromatic N) is 2. The predicted molar refractivity (Wildman–Crippen MR) is 84.0 cm³/mol. The fourth-order valence-corrected chi connectivity index (χ4v) is 3.57. The molecule has 2 aromatic rings. The van der Waals surface area contributed by atoms with Gasteiger partial charge in [0.05, 0.1) is 11.1 Å². The minimum absolute atomic E-state index is 0.0584. The molecule has 2 heterocycles. The smallest absolute Gasteiger partial charge is 0.254 e. The summed E-state index contributed by atoms with van der Waals surface area (Å²) in [6.07, 6.45) is 0. The molecule has 104 valence electrons. The van der Waals surface area contributed by atoms with E-state index in [-0.39, 0.29) is 11.9 Å². The van der Waals surface area contributed by atoms with Crippen molar-refractivity contribution in [3.8, 4) is 0 Å². The van der Waals surface area contributed by atoms with E-state index in [1.165, 1.54) is 0 Å². The normalized spacial score (nSPS) is 19.2. The van der Waals surface area contributed by atoms with Gasteiger partial charge in [0.25, 0.3) is 5.91 Å². The van der Waals surface area contributed by atoms with E-state index in [0.29, 0.717) is 11.4 Å². The average molecular weight is 287 g/mol. The largest absolute Gasteiger partial charge is 0.384 e. The SMILES string of the molecule is CC1CSCCN1C(=O)c1cc(N)nc2ccccc12. The van der Waals surface area contributed by atoms with Gasteiger partial charge in [-0.3, -0.25) is 4.79 Å². The van der Waals surface area contributed by atoms with Crippen molar-refractivity contribution in [3.63, 3.8) is 0 Å². The monoisotopic (exact) mass is 287 g/mol. The van der Waals surface area contributed by atoms with Crippen molar-refractivity contribution in [2.24, 2.45) is 0 Å². The molecular weight excluding hydrogens is 270 g/mol. The number of anilines is 1. The van der Waals surface area contributed by atoms with Gasteiger partial charge in [-0.1, -0.05) is 18.2 Å². The number of carbonyl (C=O) groups excluding carboxylic acids is 1. The standard InChI is InChI=1S/C15H17N3OS/c1-10-9-20-7-6-18(10)15(19)12-8-14(16)17-13-5-3-2-4-11(12)13/h2-5,8,10H,6-7,9H2,1H3,(H2,16,17). The lowest BCUT2D eigenvalue weighted by Crippen LogP contribution is -2.44. The molecule has 20 heavy (non-hydrogen) atoms. The molecule has 0 bridgehead atoms. The molecule has 1 atom stereocenters. The average Bonchev–Trinajstić information content (AvgIpc) is 2.46. The van der Waals surface area contributed by atoms with Crippen LogP contribution in [0.15, 0.2) is 30.3 Å². The van der Waals surface area contributed by atoms with E-state index in [0.717, 1.165) is 29.0 Å². The summed E-state index contributed by atoms with van der Waals surface area (Å²) in [6, 6.07) is 9.60. The van der Waals surface area contributed by atoms with Crippen LogP contribution in [0.5, 0.6) is 0 Å². The Morgan fingerprint density at radius 2 is 2.25 bits per heavy atom. The van der Waals surface area contributed by atoms with Gasteiger partial charge >= 0.3 is 0 Å². The van der Waals surface area contributed by atoms with Crippen LogP contribution in [0.1, 0.15) is 17.3 Å². The van der Waals surface area contributed by atoms with Crippen LogP contribution >= 0.6 is 11.8 Å². The van der Waals surface area contributed by atoms with E-state index in [1.807, 2.05) is 40.9 Å². The van der Waals surface area contributed by atoms with Crippen molar-refractivity contribution in [1.82, 2.24) is 9.88 Å². The maximum atomic E-state index is 12.8. The predicted octanol–water partition coefficient (Wildman–Crippen LogP) is 2.39. The molecule has 0 aliphatic carbocycles. The topological polar surface area (TPSA) is 59.2 Å². The van der Waals surface area contributed by atoms with Crippen LogP contribution in [0.25, 0.3) is 10.9 Å².